The van der Waals surface area contributed by atoms with Crippen molar-refractivity contribution in [1.29, 1.82) is 0 Å². The van der Waals surface area contributed by atoms with Crippen molar-refractivity contribution >= 4 is 17.8 Å². The van der Waals surface area contributed by atoms with E-state index in [-0.39, 0.29) is 22.9 Å². The standard InChI is InChI=1S/C22H22N4O3/c1-15-9-10-20(13-21(15)26(28)29)25-16(2)11-19(17(25)3)14-23-24-22(27)12-18-7-5-4-6-8-18/h4-11,13-14H,12H2,1-3H3,(H,24,27)/b23-14+. The lowest BCUT2D eigenvalue weighted by Crippen LogP contribution is -2.19. The maximum Gasteiger partial charge on any atom is 0.274 e. The first kappa shape index (κ1) is 20.0. The molecule has 0 radical (unpaired) electrons. The van der Waals surface area contributed by atoms with Crippen LogP contribution in [-0.4, -0.2) is 21.6 Å². The number of hydrazone groups is 1. The van der Waals surface area contributed by atoms with E-state index in [2.05, 4.69) is 10.5 Å². The Morgan fingerprint density at radius 1 is 1.14 bits per heavy atom. The minimum Gasteiger partial charge on any atom is -0.318 e. The maximum atomic E-state index is 12.0. The monoisotopic (exact) mass is 390 g/mol. The van der Waals surface area contributed by atoms with Crippen molar-refractivity contribution in [3.8, 4) is 5.69 Å². The van der Waals surface area contributed by atoms with Gasteiger partial charge in [-0.2, -0.15) is 5.10 Å². The topological polar surface area (TPSA) is 89.5 Å². The van der Waals surface area contributed by atoms with Gasteiger partial charge in [-0.15, -0.1) is 0 Å². The molecule has 3 rings (SSSR count). The van der Waals surface area contributed by atoms with E-state index in [1.165, 1.54) is 0 Å². The van der Waals surface area contributed by atoms with Gasteiger partial charge in [0.2, 0.25) is 5.91 Å². The molecule has 0 saturated carbocycles. The Bertz CT molecular complexity index is 1080. The van der Waals surface area contributed by atoms with Crippen LogP contribution < -0.4 is 5.43 Å². The van der Waals surface area contributed by atoms with Crippen LogP contribution in [0.1, 0.15) is 28.1 Å². The largest absolute Gasteiger partial charge is 0.318 e. The van der Waals surface area contributed by atoms with Gasteiger partial charge in [0.05, 0.1) is 23.2 Å². The van der Waals surface area contributed by atoms with Crippen LogP contribution in [0.3, 0.4) is 0 Å². The third-order valence-corrected chi connectivity index (χ3v) is 4.72. The first-order valence-electron chi connectivity index (χ1n) is 9.17. The summed E-state index contributed by atoms with van der Waals surface area (Å²) in [5, 5.41) is 15.3. The number of nitro groups is 1. The number of carbonyl (C=O) groups excluding carboxylic acids is 1. The molecule has 0 atom stereocenters. The van der Waals surface area contributed by atoms with Gasteiger partial charge in [-0.25, -0.2) is 5.43 Å². The molecule has 29 heavy (non-hydrogen) atoms. The maximum absolute atomic E-state index is 12.0. The molecule has 0 saturated heterocycles. The molecule has 0 aliphatic rings. The van der Waals surface area contributed by atoms with Gasteiger partial charge in [0.25, 0.3) is 5.69 Å². The second-order valence-corrected chi connectivity index (χ2v) is 6.85. The van der Waals surface area contributed by atoms with E-state index in [1.807, 2.05) is 60.9 Å². The third-order valence-electron chi connectivity index (χ3n) is 4.72. The summed E-state index contributed by atoms with van der Waals surface area (Å²) in [6.07, 6.45) is 1.84. The SMILES string of the molecule is Cc1ccc(-n2c(C)cc(/C=N/NC(=O)Cc3ccccc3)c2C)cc1[N+](=O)[O-]. The summed E-state index contributed by atoms with van der Waals surface area (Å²) in [5.74, 6) is -0.199. The summed E-state index contributed by atoms with van der Waals surface area (Å²) in [7, 11) is 0. The molecule has 7 heteroatoms. The fraction of sp³-hybridized carbons (Fsp3) is 0.182. The fourth-order valence-electron chi connectivity index (χ4n) is 3.24. The molecular weight excluding hydrogens is 368 g/mol. The Balaban J connectivity index is 1.77. The highest BCUT2D eigenvalue weighted by Gasteiger charge is 2.15. The van der Waals surface area contributed by atoms with E-state index in [0.717, 1.165) is 22.5 Å². The molecule has 0 bridgehead atoms. The number of aryl methyl sites for hydroxylation is 2. The molecule has 0 aliphatic carbocycles. The van der Waals surface area contributed by atoms with Gasteiger partial charge in [0.1, 0.15) is 0 Å². The molecular formula is C22H22N4O3. The number of amides is 1. The highest BCUT2D eigenvalue weighted by molar-refractivity contribution is 5.84. The van der Waals surface area contributed by atoms with Crippen LogP contribution >= 0.6 is 0 Å². The molecule has 0 fully saturated rings. The van der Waals surface area contributed by atoms with Gasteiger partial charge in [-0.3, -0.25) is 14.9 Å². The molecule has 7 nitrogen and oxygen atoms in total. The number of benzene rings is 2. The van der Waals surface area contributed by atoms with Crippen molar-refractivity contribution in [3.05, 3.63) is 92.8 Å². The molecule has 148 valence electrons. The minimum atomic E-state index is -0.377. The third kappa shape index (κ3) is 4.57. The fourth-order valence-corrected chi connectivity index (χ4v) is 3.24. The van der Waals surface area contributed by atoms with Crippen molar-refractivity contribution in [3.63, 3.8) is 0 Å². The molecule has 1 amide bonds. The van der Waals surface area contributed by atoms with E-state index in [0.29, 0.717) is 11.3 Å². The van der Waals surface area contributed by atoms with Crippen LogP contribution in [-0.2, 0) is 11.2 Å². The molecule has 1 heterocycles. The van der Waals surface area contributed by atoms with Crippen LogP contribution in [0.4, 0.5) is 5.69 Å². The second kappa shape index (κ2) is 8.52. The second-order valence-electron chi connectivity index (χ2n) is 6.85. The van der Waals surface area contributed by atoms with Crippen molar-refractivity contribution in [2.45, 2.75) is 27.2 Å². The Morgan fingerprint density at radius 3 is 2.55 bits per heavy atom. The van der Waals surface area contributed by atoms with Crippen LogP contribution in [0, 0.1) is 30.9 Å². The lowest BCUT2D eigenvalue weighted by molar-refractivity contribution is -0.385. The lowest BCUT2D eigenvalue weighted by atomic mass is 10.1. The number of nitrogens with one attached hydrogen (secondary N) is 1. The summed E-state index contributed by atoms with van der Waals surface area (Å²) >= 11 is 0. The van der Waals surface area contributed by atoms with E-state index in [9.17, 15) is 14.9 Å². The summed E-state index contributed by atoms with van der Waals surface area (Å²) in [4.78, 5) is 22.9. The van der Waals surface area contributed by atoms with E-state index >= 15 is 0 Å². The van der Waals surface area contributed by atoms with Crippen molar-refractivity contribution < 1.29 is 9.72 Å². The first-order chi connectivity index (χ1) is 13.9. The average Bonchev–Trinajstić information content (AvgIpc) is 2.96. The van der Waals surface area contributed by atoms with Gasteiger partial charge >= 0.3 is 0 Å². The highest BCUT2D eigenvalue weighted by atomic mass is 16.6. The molecule has 0 spiro atoms. The van der Waals surface area contributed by atoms with E-state index in [4.69, 9.17) is 0 Å². The minimum absolute atomic E-state index is 0.0818. The molecule has 0 unspecified atom stereocenters. The van der Waals surface area contributed by atoms with Crippen LogP contribution in [0.5, 0.6) is 0 Å². The number of nitro benzene ring substituents is 1. The Kier molecular flexibility index (Phi) is 5.87. The van der Waals surface area contributed by atoms with Crippen LogP contribution in [0.15, 0.2) is 59.7 Å². The van der Waals surface area contributed by atoms with E-state index in [1.54, 1.807) is 25.3 Å². The van der Waals surface area contributed by atoms with Gasteiger partial charge in [0.15, 0.2) is 0 Å². The van der Waals surface area contributed by atoms with Gasteiger partial charge in [-0.1, -0.05) is 36.4 Å². The Morgan fingerprint density at radius 2 is 1.86 bits per heavy atom. The predicted octanol–water partition coefficient (Wildman–Crippen LogP) is 4.00. The molecule has 2 aromatic carbocycles. The number of aromatic nitrogens is 1. The zero-order valence-corrected chi connectivity index (χ0v) is 16.5. The quantitative estimate of drug-likeness (QED) is 0.392. The van der Waals surface area contributed by atoms with Crippen molar-refractivity contribution in [2.24, 2.45) is 5.10 Å². The number of hydrogen-bond donors (Lipinski definition) is 1. The zero-order valence-electron chi connectivity index (χ0n) is 16.5. The van der Waals surface area contributed by atoms with Gasteiger partial charge < -0.3 is 4.57 Å². The van der Waals surface area contributed by atoms with Gasteiger partial charge in [-0.05, 0) is 38.5 Å². The van der Waals surface area contributed by atoms with Crippen molar-refractivity contribution in [2.75, 3.05) is 0 Å². The smallest absolute Gasteiger partial charge is 0.274 e. The number of hydrogen-bond acceptors (Lipinski definition) is 4. The normalized spacial score (nSPS) is 11.0. The molecule has 1 aromatic heterocycles. The van der Waals surface area contributed by atoms with E-state index < -0.39 is 0 Å². The lowest BCUT2D eigenvalue weighted by Gasteiger charge is -2.10. The zero-order chi connectivity index (χ0) is 21.0. The average molecular weight is 390 g/mol. The summed E-state index contributed by atoms with van der Waals surface area (Å²) in [6, 6.07) is 16.5. The number of rotatable bonds is 6. The van der Waals surface area contributed by atoms with Crippen molar-refractivity contribution in [1.82, 2.24) is 9.99 Å². The summed E-state index contributed by atoms with van der Waals surface area (Å²) in [5.41, 5.74) is 7.48. The van der Waals surface area contributed by atoms with Crippen LogP contribution in [0.25, 0.3) is 5.69 Å². The summed E-state index contributed by atoms with van der Waals surface area (Å²) < 4.78 is 1.93. The molecule has 1 N–H and O–H groups in total. The summed E-state index contributed by atoms with van der Waals surface area (Å²) in [6.45, 7) is 5.54. The predicted molar refractivity (Wildman–Crippen MR) is 113 cm³/mol. The molecule has 3 aromatic rings. The highest BCUT2D eigenvalue weighted by Crippen LogP contribution is 2.25. The number of carbonyl (C=O) groups is 1. The van der Waals surface area contributed by atoms with Gasteiger partial charge in [0, 0.05) is 28.6 Å². The first-order valence-corrected chi connectivity index (χ1v) is 9.17. The Hall–Kier alpha value is -3.74. The number of nitrogens with zero attached hydrogens (tertiary/aromatic N) is 3. The molecule has 0 aliphatic heterocycles. The Labute approximate surface area is 168 Å². The van der Waals surface area contributed by atoms with Crippen LogP contribution in [0.2, 0.25) is 0 Å².